The molecule has 0 aromatic heterocycles. The van der Waals surface area contributed by atoms with Gasteiger partial charge in [-0.3, -0.25) is 0 Å². The molecule has 0 heterocycles. The van der Waals surface area contributed by atoms with Crippen molar-refractivity contribution in [2.75, 3.05) is 25.0 Å². The Bertz CT molecular complexity index is 508. The Labute approximate surface area is 132 Å². The predicted octanol–water partition coefficient (Wildman–Crippen LogP) is 2.93. The van der Waals surface area contributed by atoms with Crippen molar-refractivity contribution in [1.29, 1.82) is 0 Å². The van der Waals surface area contributed by atoms with Crippen LogP contribution in [0.15, 0.2) is 12.1 Å². The fourth-order valence-corrected chi connectivity index (χ4v) is 2.29. The summed E-state index contributed by atoms with van der Waals surface area (Å²) < 4.78 is 0. The third kappa shape index (κ3) is 4.77. The topological polar surface area (TPSA) is 89.9 Å². The number of benzene rings is 1. The Morgan fingerprint density at radius 3 is 2.24 bits per heavy atom. The fraction of sp³-hybridized carbons (Fsp3) is 0.385. The van der Waals surface area contributed by atoms with Gasteiger partial charge in [0.2, 0.25) is 0 Å². The van der Waals surface area contributed by atoms with Gasteiger partial charge >= 0.3 is 12.0 Å². The van der Waals surface area contributed by atoms with Crippen molar-refractivity contribution in [3.63, 3.8) is 0 Å². The molecule has 3 N–H and O–H groups in total. The molecule has 0 aliphatic heterocycles. The normalized spacial score (nSPS) is 10.3. The summed E-state index contributed by atoms with van der Waals surface area (Å²) in [5, 5.41) is 20.4. The number of hydrogen-bond donors (Lipinski definition) is 3. The van der Waals surface area contributed by atoms with Crippen LogP contribution in [0.1, 0.15) is 23.7 Å². The van der Waals surface area contributed by atoms with Crippen molar-refractivity contribution < 1.29 is 19.8 Å². The van der Waals surface area contributed by atoms with Crippen LogP contribution < -0.4 is 5.32 Å². The van der Waals surface area contributed by atoms with Gasteiger partial charge in [-0.05, 0) is 18.6 Å². The van der Waals surface area contributed by atoms with Gasteiger partial charge in [-0.15, -0.1) is 0 Å². The molecule has 0 spiro atoms. The van der Waals surface area contributed by atoms with Gasteiger partial charge < -0.3 is 20.4 Å². The molecular weight excluding hydrogens is 319 g/mol. The first-order valence-electron chi connectivity index (χ1n) is 6.29. The van der Waals surface area contributed by atoms with Gasteiger partial charge in [0, 0.05) is 13.1 Å². The van der Waals surface area contributed by atoms with Gasteiger partial charge in [0.25, 0.3) is 0 Å². The fourth-order valence-electron chi connectivity index (χ4n) is 1.71. The number of anilines is 1. The van der Waals surface area contributed by atoms with E-state index in [1.54, 1.807) is 0 Å². The minimum atomic E-state index is -1.16. The van der Waals surface area contributed by atoms with E-state index in [0.29, 0.717) is 6.54 Å². The number of hydrogen-bond acceptors (Lipinski definition) is 3. The molecule has 1 aromatic carbocycles. The SMILES string of the molecule is CCCN(CCO)C(=O)Nc1c(Cl)cc(C(=O)O)cc1Cl. The molecule has 1 aromatic rings. The molecule has 0 radical (unpaired) electrons. The number of carbonyl (C=O) groups is 2. The second-order valence-corrected chi connectivity index (χ2v) is 5.08. The maximum atomic E-state index is 12.1. The lowest BCUT2D eigenvalue weighted by molar-refractivity contribution is 0.0697. The number of carbonyl (C=O) groups excluding carboxylic acids is 1. The van der Waals surface area contributed by atoms with Crippen molar-refractivity contribution in [1.82, 2.24) is 4.90 Å². The molecule has 0 unspecified atom stereocenters. The number of carboxylic acids is 1. The average Bonchev–Trinajstić information content (AvgIpc) is 2.42. The highest BCUT2D eigenvalue weighted by Gasteiger charge is 2.17. The summed E-state index contributed by atoms with van der Waals surface area (Å²) >= 11 is 11.9. The van der Waals surface area contributed by atoms with Gasteiger partial charge in [0.1, 0.15) is 0 Å². The highest BCUT2D eigenvalue weighted by atomic mass is 35.5. The van der Waals surface area contributed by atoms with Gasteiger partial charge in [0.15, 0.2) is 0 Å². The molecule has 116 valence electrons. The molecule has 0 aliphatic carbocycles. The third-order valence-electron chi connectivity index (χ3n) is 2.67. The Morgan fingerprint density at radius 1 is 1.24 bits per heavy atom. The number of halogens is 2. The lowest BCUT2D eigenvalue weighted by atomic mass is 10.2. The number of aromatic carboxylic acids is 1. The van der Waals surface area contributed by atoms with Crippen LogP contribution in [0, 0.1) is 0 Å². The van der Waals surface area contributed by atoms with Crippen LogP contribution in [0.4, 0.5) is 10.5 Å². The molecule has 8 heteroatoms. The van der Waals surface area contributed by atoms with E-state index in [2.05, 4.69) is 5.32 Å². The number of rotatable bonds is 6. The van der Waals surface area contributed by atoms with E-state index in [1.807, 2.05) is 6.92 Å². The van der Waals surface area contributed by atoms with Crippen molar-refractivity contribution in [3.8, 4) is 0 Å². The van der Waals surface area contributed by atoms with Crippen LogP contribution in [-0.4, -0.2) is 46.8 Å². The Morgan fingerprint density at radius 2 is 1.81 bits per heavy atom. The standard InChI is InChI=1S/C13H16Cl2N2O4/c1-2-3-17(4-5-18)13(21)16-11-9(14)6-8(12(19)20)7-10(11)15/h6-7,18H,2-5H2,1H3,(H,16,21)(H,19,20). The molecule has 1 rings (SSSR count). The van der Waals surface area contributed by atoms with Crippen LogP contribution in [-0.2, 0) is 0 Å². The highest BCUT2D eigenvalue weighted by Crippen LogP contribution is 2.32. The zero-order valence-electron chi connectivity index (χ0n) is 11.4. The first kappa shape index (κ1) is 17.6. The van der Waals surface area contributed by atoms with Crippen LogP contribution in [0.25, 0.3) is 0 Å². The summed E-state index contributed by atoms with van der Waals surface area (Å²) in [6.07, 6.45) is 0.729. The third-order valence-corrected chi connectivity index (χ3v) is 3.27. The minimum absolute atomic E-state index is 0.0358. The zero-order chi connectivity index (χ0) is 16.0. The molecule has 2 amide bonds. The lowest BCUT2D eigenvalue weighted by Crippen LogP contribution is -2.37. The number of nitrogens with one attached hydrogen (secondary N) is 1. The first-order chi connectivity index (χ1) is 9.90. The summed E-state index contributed by atoms with van der Waals surface area (Å²) in [5.41, 5.74) is 0.0798. The molecular formula is C13H16Cl2N2O4. The minimum Gasteiger partial charge on any atom is -0.478 e. The van der Waals surface area contributed by atoms with Crippen molar-refractivity contribution in [2.24, 2.45) is 0 Å². The van der Waals surface area contributed by atoms with Crippen molar-refractivity contribution in [2.45, 2.75) is 13.3 Å². The maximum Gasteiger partial charge on any atom is 0.335 e. The van der Waals surface area contributed by atoms with Gasteiger partial charge in [-0.1, -0.05) is 30.1 Å². The summed E-state index contributed by atoms with van der Waals surface area (Å²) in [6.45, 7) is 2.39. The predicted molar refractivity (Wildman–Crippen MR) is 81.4 cm³/mol. The van der Waals surface area contributed by atoms with Crippen LogP contribution in [0.3, 0.4) is 0 Å². The summed E-state index contributed by atoms with van der Waals surface area (Å²) in [5.74, 6) is -1.16. The van der Waals surface area contributed by atoms with E-state index in [9.17, 15) is 9.59 Å². The summed E-state index contributed by atoms with van der Waals surface area (Å²) in [4.78, 5) is 24.4. The number of urea groups is 1. The lowest BCUT2D eigenvalue weighted by Gasteiger charge is -2.22. The van der Waals surface area contributed by atoms with Gasteiger partial charge in [-0.2, -0.15) is 0 Å². The molecule has 21 heavy (non-hydrogen) atoms. The number of aliphatic hydroxyl groups is 1. The number of aliphatic hydroxyl groups excluding tert-OH is 1. The van der Waals surface area contributed by atoms with E-state index in [4.69, 9.17) is 33.4 Å². The van der Waals surface area contributed by atoms with E-state index in [-0.39, 0.29) is 34.4 Å². The quantitative estimate of drug-likeness (QED) is 0.746. The van der Waals surface area contributed by atoms with Crippen molar-refractivity contribution in [3.05, 3.63) is 27.7 Å². The molecule has 0 atom stereocenters. The molecule has 0 aliphatic rings. The number of amides is 2. The van der Waals surface area contributed by atoms with E-state index in [0.717, 1.165) is 6.42 Å². The van der Waals surface area contributed by atoms with E-state index >= 15 is 0 Å². The van der Waals surface area contributed by atoms with Crippen LogP contribution in [0.2, 0.25) is 10.0 Å². The second kappa shape index (κ2) is 8.07. The van der Waals surface area contributed by atoms with Gasteiger partial charge in [-0.25, -0.2) is 9.59 Å². The van der Waals surface area contributed by atoms with E-state index < -0.39 is 12.0 Å². The number of carboxylic acid groups (broad SMARTS) is 1. The largest absolute Gasteiger partial charge is 0.478 e. The van der Waals surface area contributed by atoms with Gasteiger partial charge in [0.05, 0.1) is 27.9 Å². The second-order valence-electron chi connectivity index (χ2n) is 4.26. The molecule has 6 nitrogen and oxygen atoms in total. The van der Waals surface area contributed by atoms with Crippen molar-refractivity contribution >= 4 is 40.9 Å². The molecule has 0 saturated heterocycles. The molecule has 0 fully saturated rings. The Hall–Kier alpha value is -1.50. The van der Waals surface area contributed by atoms with Crippen LogP contribution in [0.5, 0.6) is 0 Å². The maximum absolute atomic E-state index is 12.1. The molecule has 0 saturated carbocycles. The first-order valence-corrected chi connectivity index (χ1v) is 7.05. The Balaban J connectivity index is 2.96. The smallest absolute Gasteiger partial charge is 0.335 e. The summed E-state index contributed by atoms with van der Waals surface area (Å²) in [7, 11) is 0. The highest BCUT2D eigenvalue weighted by molar-refractivity contribution is 6.40. The van der Waals surface area contributed by atoms with Crippen LogP contribution >= 0.6 is 23.2 Å². The van der Waals surface area contributed by atoms with E-state index in [1.165, 1.54) is 17.0 Å². The zero-order valence-corrected chi connectivity index (χ0v) is 12.9. The Kier molecular flexibility index (Phi) is 6.74. The monoisotopic (exact) mass is 334 g/mol. The molecule has 0 bridgehead atoms. The summed E-state index contributed by atoms with van der Waals surface area (Å²) in [6, 6.07) is 1.96. The number of nitrogens with zero attached hydrogens (tertiary/aromatic N) is 1. The average molecular weight is 335 g/mol.